The molecule has 0 aliphatic carbocycles. The third kappa shape index (κ3) is 3.59. The van der Waals surface area contributed by atoms with Crippen LogP contribution in [0.15, 0.2) is 0 Å². The number of esters is 1. The lowest BCUT2D eigenvalue weighted by atomic mass is 10.1. The van der Waals surface area contributed by atoms with E-state index in [0.29, 0.717) is 0 Å². The van der Waals surface area contributed by atoms with E-state index in [4.69, 9.17) is 0 Å². The summed E-state index contributed by atoms with van der Waals surface area (Å²) in [6, 6.07) is 0. The number of carbonyl (C=O) groups is 1. The Bertz CT molecular complexity index is 157. The number of methoxy groups -OCH3 is 1. The summed E-state index contributed by atoms with van der Waals surface area (Å²) in [7, 11) is 1.10. The smallest absolute Gasteiger partial charge is 0.305 e. The first kappa shape index (κ1) is 11.3. The molecule has 1 atom stereocenters. The van der Waals surface area contributed by atoms with Gasteiger partial charge >= 0.3 is 5.97 Å². The van der Waals surface area contributed by atoms with E-state index < -0.39 is 30.9 Å². The first-order valence-electron chi connectivity index (χ1n) is 3.49. The lowest BCUT2D eigenvalue weighted by Crippen LogP contribution is -2.28. The third-order valence-corrected chi connectivity index (χ3v) is 1.47. The van der Waals surface area contributed by atoms with Crippen molar-refractivity contribution in [3.8, 4) is 0 Å². The molecule has 0 aromatic rings. The number of carbonyl (C=O) groups excluding carboxylic acids is 1. The molecular formula is C7H11F3O2. The predicted molar refractivity (Wildman–Crippen MR) is 36.8 cm³/mol. The van der Waals surface area contributed by atoms with Crippen molar-refractivity contribution in [3.05, 3.63) is 0 Å². The molecule has 0 saturated heterocycles. The molecule has 1 unspecified atom stereocenters. The van der Waals surface area contributed by atoms with Crippen molar-refractivity contribution in [1.29, 1.82) is 0 Å². The number of rotatable bonds is 4. The predicted octanol–water partition coefficient (Wildman–Crippen LogP) is 1.93. The molecule has 0 radical (unpaired) electrons. The van der Waals surface area contributed by atoms with Gasteiger partial charge in [-0.3, -0.25) is 4.79 Å². The van der Waals surface area contributed by atoms with E-state index in [9.17, 15) is 18.0 Å². The Kier molecular flexibility index (Phi) is 4.06. The summed E-state index contributed by atoms with van der Waals surface area (Å²) in [6.07, 6.45) is -3.50. The van der Waals surface area contributed by atoms with E-state index in [2.05, 4.69) is 4.74 Å². The van der Waals surface area contributed by atoms with Crippen LogP contribution in [0.4, 0.5) is 13.2 Å². The minimum absolute atomic E-state index is 0.461. The van der Waals surface area contributed by atoms with Crippen LogP contribution in [0.3, 0.4) is 0 Å². The topological polar surface area (TPSA) is 26.3 Å². The van der Waals surface area contributed by atoms with Crippen LogP contribution in [-0.2, 0) is 9.53 Å². The normalized spacial score (nSPS) is 14.1. The maximum atomic E-state index is 12.5. The Labute approximate surface area is 68.7 Å². The quantitative estimate of drug-likeness (QED) is 0.624. The Morgan fingerprint density at radius 3 is 2.42 bits per heavy atom. The van der Waals surface area contributed by atoms with Crippen molar-refractivity contribution in [2.24, 2.45) is 0 Å². The fourth-order valence-corrected chi connectivity index (χ4v) is 0.570. The lowest BCUT2D eigenvalue weighted by Gasteiger charge is -2.16. The lowest BCUT2D eigenvalue weighted by molar-refractivity contribution is -0.144. The molecule has 72 valence electrons. The van der Waals surface area contributed by atoms with E-state index >= 15 is 0 Å². The van der Waals surface area contributed by atoms with E-state index in [1.807, 2.05) is 0 Å². The van der Waals surface area contributed by atoms with Gasteiger partial charge in [-0.05, 0) is 6.92 Å². The van der Waals surface area contributed by atoms with Gasteiger partial charge in [-0.15, -0.1) is 0 Å². The molecule has 0 N–H and O–H groups in total. The Morgan fingerprint density at radius 1 is 1.58 bits per heavy atom. The van der Waals surface area contributed by atoms with E-state index in [0.717, 1.165) is 14.0 Å². The molecule has 0 aliphatic heterocycles. The maximum absolute atomic E-state index is 12.5. The second kappa shape index (κ2) is 4.33. The molecule has 0 fully saturated rings. The van der Waals surface area contributed by atoms with Gasteiger partial charge in [0.15, 0.2) is 6.17 Å². The van der Waals surface area contributed by atoms with Crippen LogP contribution in [0.25, 0.3) is 0 Å². The Balaban J connectivity index is 3.83. The monoisotopic (exact) mass is 184 g/mol. The molecule has 0 aromatic carbocycles. The van der Waals surface area contributed by atoms with Crippen LogP contribution in [0.2, 0.25) is 0 Å². The van der Waals surface area contributed by atoms with Gasteiger partial charge in [-0.1, -0.05) is 0 Å². The van der Waals surface area contributed by atoms with Gasteiger partial charge in [0.2, 0.25) is 0 Å². The van der Waals surface area contributed by atoms with E-state index in [1.54, 1.807) is 0 Å². The largest absolute Gasteiger partial charge is 0.469 e. The van der Waals surface area contributed by atoms with Gasteiger partial charge in [0, 0.05) is 6.42 Å². The molecule has 0 spiro atoms. The molecule has 0 saturated carbocycles. The zero-order valence-corrected chi connectivity index (χ0v) is 6.94. The summed E-state index contributed by atoms with van der Waals surface area (Å²) in [4.78, 5) is 10.4. The van der Waals surface area contributed by atoms with Crippen LogP contribution < -0.4 is 0 Å². The van der Waals surface area contributed by atoms with Crippen molar-refractivity contribution in [2.45, 2.75) is 31.9 Å². The Morgan fingerprint density at radius 2 is 2.08 bits per heavy atom. The van der Waals surface area contributed by atoms with Crippen LogP contribution in [0.1, 0.15) is 19.8 Å². The third-order valence-electron chi connectivity index (χ3n) is 1.47. The first-order chi connectivity index (χ1) is 5.40. The number of hydrogen-bond donors (Lipinski definition) is 0. The van der Waals surface area contributed by atoms with Crippen LogP contribution >= 0.6 is 0 Å². The van der Waals surface area contributed by atoms with Gasteiger partial charge in [0.25, 0.3) is 5.92 Å². The second-order valence-corrected chi connectivity index (χ2v) is 2.45. The highest BCUT2D eigenvalue weighted by atomic mass is 19.3. The zero-order chi connectivity index (χ0) is 9.78. The molecule has 0 rings (SSSR count). The van der Waals surface area contributed by atoms with Gasteiger partial charge in [-0.2, -0.15) is 0 Å². The van der Waals surface area contributed by atoms with Crippen molar-refractivity contribution in [2.75, 3.05) is 7.11 Å². The fraction of sp³-hybridized carbons (Fsp3) is 0.857. The van der Waals surface area contributed by atoms with Crippen LogP contribution in [0, 0.1) is 0 Å². The summed E-state index contributed by atoms with van der Waals surface area (Å²) in [5.41, 5.74) is 0. The summed E-state index contributed by atoms with van der Waals surface area (Å²) in [5.74, 6) is -4.19. The molecule has 0 heterocycles. The number of halogens is 3. The fourth-order valence-electron chi connectivity index (χ4n) is 0.570. The highest BCUT2D eigenvalue weighted by molar-refractivity contribution is 5.69. The first-order valence-corrected chi connectivity index (χ1v) is 3.49. The standard InChI is InChI=1S/C7H11F3O2/c1-5(8)7(9,10)4-3-6(11)12-2/h5H,3-4H2,1-2H3. The summed E-state index contributed by atoms with van der Waals surface area (Å²) in [6.45, 7) is 0.761. The summed E-state index contributed by atoms with van der Waals surface area (Å²) < 4.78 is 41.2. The molecule has 5 heteroatoms. The van der Waals surface area contributed by atoms with Gasteiger partial charge in [0.05, 0.1) is 13.5 Å². The molecule has 0 aliphatic rings. The van der Waals surface area contributed by atoms with Gasteiger partial charge in [0.1, 0.15) is 0 Å². The highest BCUT2D eigenvalue weighted by Gasteiger charge is 2.36. The average molecular weight is 184 g/mol. The van der Waals surface area contributed by atoms with Crippen LogP contribution in [-0.4, -0.2) is 25.2 Å². The van der Waals surface area contributed by atoms with Gasteiger partial charge < -0.3 is 4.74 Å². The van der Waals surface area contributed by atoms with E-state index in [-0.39, 0.29) is 0 Å². The molecular weight excluding hydrogens is 173 g/mol. The number of alkyl halides is 3. The van der Waals surface area contributed by atoms with E-state index in [1.165, 1.54) is 0 Å². The molecule has 2 nitrogen and oxygen atoms in total. The van der Waals surface area contributed by atoms with Gasteiger partial charge in [-0.25, -0.2) is 13.2 Å². The Hall–Kier alpha value is -0.740. The number of hydrogen-bond acceptors (Lipinski definition) is 2. The molecule has 0 amide bonds. The average Bonchev–Trinajstić information content (AvgIpc) is 2.00. The van der Waals surface area contributed by atoms with Crippen molar-refractivity contribution in [1.82, 2.24) is 0 Å². The molecule has 0 aromatic heterocycles. The second-order valence-electron chi connectivity index (χ2n) is 2.45. The zero-order valence-electron chi connectivity index (χ0n) is 6.94. The maximum Gasteiger partial charge on any atom is 0.305 e. The van der Waals surface area contributed by atoms with Crippen LogP contribution in [0.5, 0.6) is 0 Å². The molecule has 0 bridgehead atoms. The number of ether oxygens (including phenoxy) is 1. The summed E-state index contributed by atoms with van der Waals surface area (Å²) in [5, 5.41) is 0. The molecule has 12 heavy (non-hydrogen) atoms. The van der Waals surface area contributed by atoms with Crippen molar-refractivity contribution in [3.63, 3.8) is 0 Å². The SMILES string of the molecule is COC(=O)CCC(F)(F)C(C)F. The minimum atomic E-state index is -3.44. The summed E-state index contributed by atoms with van der Waals surface area (Å²) >= 11 is 0. The van der Waals surface area contributed by atoms with Crippen molar-refractivity contribution >= 4 is 5.97 Å². The van der Waals surface area contributed by atoms with Crippen molar-refractivity contribution < 1.29 is 22.7 Å². The minimum Gasteiger partial charge on any atom is -0.469 e. The highest BCUT2D eigenvalue weighted by Crippen LogP contribution is 2.26.